The quantitative estimate of drug-likeness (QED) is 0.833. The number of nitrogens with one attached hydrogen (secondary N) is 1. The molecule has 2 rings (SSSR count). The third-order valence-corrected chi connectivity index (χ3v) is 2.91. The van der Waals surface area contributed by atoms with Crippen molar-refractivity contribution in [1.29, 1.82) is 5.26 Å². The van der Waals surface area contributed by atoms with E-state index in [0.717, 1.165) is 10.5 Å². The summed E-state index contributed by atoms with van der Waals surface area (Å²) in [7, 11) is 0. The van der Waals surface area contributed by atoms with Crippen molar-refractivity contribution in [3.8, 4) is 6.07 Å². The van der Waals surface area contributed by atoms with Crippen molar-refractivity contribution in [2.24, 2.45) is 0 Å². The van der Waals surface area contributed by atoms with Gasteiger partial charge in [0.05, 0.1) is 12.2 Å². The van der Waals surface area contributed by atoms with E-state index >= 15 is 0 Å². The molecule has 2 N–H and O–H groups in total. The maximum Gasteiger partial charge on any atom is 0.188 e. The molecule has 0 saturated carbocycles. The second kappa shape index (κ2) is 4.79. The van der Waals surface area contributed by atoms with Crippen molar-refractivity contribution in [3.05, 3.63) is 35.7 Å². The number of aliphatic hydroxyl groups excluding tert-OH is 1. The van der Waals surface area contributed by atoms with E-state index in [4.69, 9.17) is 10.4 Å². The summed E-state index contributed by atoms with van der Waals surface area (Å²) >= 11 is 1.33. The molecule has 0 aliphatic heterocycles. The maximum atomic E-state index is 8.98. The lowest BCUT2D eigenvalue weighted by atomic mass is 10.1. The van der Waals surface area contributed by atoms with Gasteiger partial charge in [-0.2, -0.15) is 10.4 Å². The molecule has 80 valence electrons. The number of hydrogen-bond donors (Lipinski definition) is 2. The van der Waals surface area contributed by atoms with Gasteiger partial charge in [0.15, 0.2) is 5.16 Å². The van der Waals surface area contributed by atoms with E-state index in [1.165, 1.54) is 18.1 Å². The van der Waals surface area contributed by atoms with Crippen LogP contribution in [0.25, 0.3) is 0 Å². The van der Waals surface area contributed by atoms with Crippen LogP contribution >= 0.6 is 11.8 Å². The predicted molar refractivity (Wildman–Crippen MR) is 57.6 cm³/mol. The lowest BCUT2D eigenvalue weighted by Gasteiger charge is -2.02. The fourth-order valence-electron chi connectivity index (χ4n) is 1.20. The zero-order valence-electron chi connectivity index (χ0n) is 8.21. The number of aromatic nitrogens is 3. The van der Waals surface area contributed by atoms with Gasteiger partial charge in [-0.1, -0.05) is 6.07 Å². The molecule has 0 aliphatic rings. The summed E-state index contributed by atoms with van der Waals surface area (Å²) in [5.74, 6) is 0. The molecule has 0 atom stereocenters. The molecule has 0 aliphatic carbocycles. The number of benzene rings is 1. The minimum Gasteiger partial charge on any atom is -0.392 e. The van der Waals surface area contributed by atoms with E-state index in [2.05, 4.69) is 21.3 Å². The monoisotopic (exact) mass is 232 g/mol. The Kier molecular flexibility index (Phi) is 3.19. The first-order valence-electron chi connectivity index (χ1n) is 4.50. The summed E-state index contributed by atoms with van der Waals surface area (Å²) in [6.45, 7) is -0.0675. The Hall–Kier alpha value is -1.84. The van der Waals surface area contributed by atoms with Gasteiger partial charge in [0.2, 0.25) is 0 Å². The van der Waals surface area contributed by atoms with Gasteiger partial charge in [-0.15, -0.1) is 0 Å². The van der Waals surface area contributed by atoms with Gasteiger partial charge < -0.3 is 5.11 Å². The number of hydrogen-bond acceptors (Lipinski definition) is 5. The number of rotatable bonds is 3. The molecule has 16 heavy (non-hydrogen) atoms. The summed E-state index contributed by atoms with van der Waals surface area (Å²) in [6, 6.07) is 7.32. The van der Waals surface area contributed by atoms with E-state index in [9.17, 15) is 0 Å². The molecule has 5 nitrogen and oxygen atoms in total. The lowest BCUT2D eigenvalue weighted by molar-refractivity contribution is 0.281. The van der Waals surface area contributed by atoms with Crippen LogP contribution < -0.4 is 0 Å². The number of aliphatic hydroxyl groups is 1. The van der Waals surface area contributed by atoms with E-state index in [1.54, 1.807) is 18.2 Å². The molecule has 2 aromatic rings. The number of aromatic amines is 1. The highest BCUT2D eigenvalue weighted by molar-refractivity contribution is 7.99. The largest absolute Gasteiger partial charge is 0.392 e. The first kappa shape index (κ1) is 10.7. The molecule has 1 aromatic heterocycles. The van der Waals surface area contributed by atoms with E-state index < -0.39 is 0 Å². The summed E-state index contributed by atoms with van der Waals surface area (Å²) in [5.41, 5.74) is 1.24. The average molecular weight is 232 g/mol. The fraction of sp³-hybridized carbons (Fsp3) is 0.100. The van der Waals surface area contributed by atoms with Crippen molar-refractivity contribution in [1.82, 2.24) is 15.2 Å². The van der Waals surface area contributed by atoms with Gasteiger partial charge in [0, 0.05) is 4.90 Å². The van der Waals surface area contributed by atoms with E-state index in [-0.39, 0.29) is 6.61 Å². The molecular weight excluding hydrogens is 224 g/mol. The Morgan fingerprint density at radius 1 is 1.50 bits per heavy atom. The highest BCUT2D eigenvalue weighted by Gasteiger charge is 2.06. The van der Waals surface area contributed by atoms with Gasteiger partial charge in [-0.3, -0.25) is 5.10 Å². The predicted octanol–water partition coefficient (Wildman–Crippen LogP) is 1.32. The van der Waals surface area contributed by atoms with Gasteiger partial charge in [-0.25, -0.2) is 4.98 Å². The number of H-pyrrole nitrogens is 1. The minimum absolute atomic E-state index is 0.0675. The SMILES string of the molecule is N#Cc1cc(CO)ccc1Sc1ncn[nH]1. The van der Waals surface area contributed by atoms with Gasteiger partial charge in [0.1, 0.15) is 12.4 Å². The van der Waals surface area contributed by atoms with Crippen molar-refractivity contribution in [2.75, 3.05) is 0 Å². The Balaban J connectivity index is 2.31. The first-order chi connectivity index (χ1) is 7.83. The third kappa shape index (κ3) is 2.21. The highest BCUT2D eigenvalue weighted by Crippen LogP contribution is 2.27. The van der Waals surface area contributed by atoms with E-state index in [1.807, 2.05) is 0 Å². The Morgan fingerprint density at radius 3 is 3.00 bits per heavy atom. The Bertz CT molecular complexity index is 518. The van der Waals surface area contributed by atoms with Crippen LogP contribution in [0.1, 0.15) is 11.1 Å². The topological polar surface area (TPSA) is 85.6 Å². The molecule has 6 heteroatoms. The number of nitrogens with zero attached hydrogens (tertiary/aromatic N) is 3. The molecule has 0 amide bonds. The lowest BCUT2D eigenvalue weighted by Crippen LogP contribution is -1.88. The fourth-order valence-corrected chi connectivity index (χ4v) is 1.96. The standard InChI is InChI=1S/C10H8N4OS/c11-4-8-3-7(5-15)1-2-9(8)16-10-12-6-13-14-10/h1-3,6,15H,5H2,(H,12,13,14). The Labute approximate surface area is 96.1 Å². The molecule has 0 saturated heterocycles. The maximum absolute atomic E-state index is 8.98. The van der Waals surface area contributed by atoms with Crippen LogP contribution in [0.15, 0.2) is 34.6 Å². The first-order valence-corrected chi connectivity index (χ1v) is 5.32. The highest BCUT2D eigenvalue weighted by atomic mass is 32.2. The summed E-state index contributed by atoms with van der Waals surface area (Å²) in [4.78, 5) is 4.76. The molecule has 0 unspecified atom stereocenters. The molecule has 0 fully saturated rings. The number of nitriles is 1. The average Bonchev–Trinajstić information content (AvgIpc) is 2.82. The normalized spacial score (nSPS) is 10.0. The van der Waals surface area contributed by atoms with Crippen LogP contribution in [0, 0.1) is 11.3 Å². The van der Waals surface area contributed by atoms with E-state index in [0.29, 0.717) is 10.7 Å². The molecule has 0 bridgehead atoms. The summed E-state index contributed by atoms with van der Waals surface area (Å²) in [5, 5.41) is 25.0. The van der Waals surface area contributed by atoms with Crippen molar-refractivity contribution in [2.45, 2.75) is 16.7 Å². The zero-order chi connectivity index (χ0) is 11.4. The molecule has 0 spiro atoms. The second-order valence-corrected chi connectivity index (χ2v) is 4.02. The zero-order valence-corrected chi connectivity index (χ0v) is 9.03. The Morgan fingerprint density at radius 2 is 2.38 bits per heavy atom. The molecule has 0 radical (unpaired) electrons. The van der Waals surface area contributed by atoms with Gasteiger partial charge in [0.25, 0.3) is 0 Å². The smallest absolute Gasteiger partial charge is 0.188 e. The van der Waals surface area contributed by atoms with Gasteiger partial charge >= 0.3 is 0 Å². The summed E-state index contributed by atoms with van der Waals surface area (Å²) in [6.07, 6.45) is 1.41. The molecular formula is C10H8N4OS. The van der Waals surface area contributed by atoms with Crippen LogP contribution in [0.2, 0.25) is 0 Å². The summed E-state index contributed by atoms with van der Waals surface area (Å²) < 4.78 is 0. The van der Waals surface area contributed by atoms with Gasteiger partial charge in [-0.05, 0) is 29.5 Å². The minimum atomic E-state index is -0.0675. The van der Waals surface area contributed by atoms with Crippen LogP contribution in [0.3, 0.4) is 0 Å². The molecule has 1 heterocycles. The van der Waals surface area contributed by atoms with Crippen LogP contribution in [0.5, 0.6) is 0 Å². The molecule has 1 aromatic carbocycles. The van der Waals surface area contributed by atoms with Crippen LogP contribution in [-0.4, -0.2) is 20.3 Å². The second-order valence-electron chi connectivity index (χ2n) is 2.99. The van der Waals surface area contributed by atoms with Crippen LogP contribution in [-0.2, 0) is 6.61 Å². The van der Waals surface area contributed by atoms with Crippen LogP contribution in [0.4, 0.5) is 0 Å². The van der Waals surface area contributed by atoms with Crippen molar-refractivity contribution < 1.29 is 5.11 Å². The van der Waals surface area contributed by atoms with Crippen molar-refractivity contribution in [3.63, 3.8) is 0 Å². The third-order valence-electron chi connectivity index (χ3n) is 1.95. The van der Waals surface area contributed by atoms with Crippen molar-refractivity contribution >= 4 is 11.8 Å².